The number of aryl methyl sites for hydroxylation is 1. The van der Waals surface area contributed by atoms with Crippen LogP contribution in [0.2, 0.25) is 0 Å². The van der Waals surface area contributed by atoms with Gasteiger partial charge in [-0.15, -0.1) is 11.3 Å². The van der Waals surface area contributed by atoms with Gasteiger partial charge in [0, 0.05) is 31.1 Å². The zero-order valence-corrected chi connectivity index (χ0v) is 16.9. The number of para-hydroxylation sites is 2. The summed E-state index contributed by atoms with van der Waals surface area (Å²) in [5, 5.41) is 0.745. The maximum Gasteiger partial charge on any atom is 0.273 e. The molecule has 0 saturated carbocycles. The number of nitrogens with zero attached hydrogens (tertiary/aromatic N) is 3. The minimum atomic E-state index is -0.00991. The van der Waals surface area contributed by atoms with Gasteiger partial charge in [-0.05, 0) is 38.1 Å². The van der Waals surface area contributed by atoms with Gasteiger partial charge in [-0.3, -0.25) is 4.79 Å². The van der Waals surface area contributed by atoms with E-state index in [-0.39, 0.29) is 5.91 Å². The second-order valence-electron chi connectivity index (χ2n) is 6.58. The zero-order valence-electron chi connectivity index (χ0n) is 16.1. The van der Waals surface area contributed by atoms with E-state index in [4.69, 9.17) is 9.15 Å². The molecular weight excluding hydrogens is 374 g/mol. The van der Waals surface area contributed by atoms with E-state index in [1.165, 1.54) is 11.3 Å². The van der Waals surface area contributed by atoms with Crippen molar-refractivity contribution in [3.05, 3.63) is 53.2 Å². The van der Waals surface area contributed by atoms with Crippen molar-refractivity contribution in [3.63, 3.8) is 0 Å². The monoisotopic (exact) mass is 397 g/mol. The van der Waals surface area contributed by atoms with Crippen molar-refractivity contribution in [1.29, 1.82) is 0 Å². The van der Waals surface area contributed by atoms with Crippen molar-refractivity contribution in [2.75, 3.05) is 37.7 Å². The molecule has 0 spiro atoms. The van der Waals surface area contributed by atoms with E-state index in [0.29, 0.717) is 31.2 Å². The van der Waals surface area contributed by atoms with Gasteiger partial charge in [-0.1, -0.05) is 12.1 Å². The summed E-state index contributed by atoms with van der Waals surface area (Å²) in [5.74, 6) is 1.58. The Bertz CT molecular complexity index is 944. The molecule has 1 aromatic carbocycles. The number of furan rings is 1. The number of thiazole rings is 1. The Hall–Kier alpha value is -2.80. The van der Waals surface area contributed by atoms with Crippen molar-refractivity contribution in [2.45, 2.75) is 13.8 Å². The minimum Gasteiger partial charge on any atom is -0.492 e. The second kappa shape index (κ2) is 8.06. The maximum absolute atomic E-state index is 13.0. The van der Waals surface area contributed by atoms with Crippen LogP contribution in [0.5, 0.6) is 5.75 Å². The molecule has 0 N–H and O–H groups in total. The molecule has 146 valence electrons. The SMILES string of the molecule is CCOc1ccccc1N1CCN(C(=O)c2nc(-c3ccco3)sc2C)CC1. The first-order chi connectivity index (χ1) is 13.7. The number of piperazine rings is 1. The van der Waals surface area contributed by atoms with Gasteiger partial charge in [0.2, 0.25) is 0 Å². The second-order valence-corrected chi connectivity index (χ2v) is 7.78. The Labute approximate surface area is 168 Å². The van der Waals surface area contributed by atoms with E-state index in [9.17, 15) is 4.79 Å². The van der Waals surface area contributed by atoms with Gasteiger partial charge in [0.1, 0.15) is 11.4 Å². The van der Waals surface area contributed by atoms with Gasteiger partial charge in [0.15, 0.2) is 10.8 Å². The largest absolute Gasteiger partial charge is 0.492 e. The van der Waals surface area contributed by atoms with Crippen molar-refractivity contribution in [3.8, 4) is 16.5 Å². The Balaban J connectivity index is 1.45. The van der Waals surface area contributed by atoms with E-state index in [0.717, 1.165) is 34.4 Å². The third-order valence-corrected chi connectivity index (χ3v) is 5.79. The van der Waals surface area contributed by atoms with Crippen LogP contribution in [0.25, 0.3) is 10.8 Å². The molecule has 1 amide bonds. The fraction of sp³-hybridized carbons (Fsp3) is 0.333. The quantitative estimate of drug-likeness (QED) is 0.649. The predicted octanol–water partition coefficient (Wildman–Crippen LogP) is 4.07. The van der Waals surface area contributed by atoms with Crippen LogP contribution in [0.3, 0.4) is 0 Å². The number of ether oxygens (including phenoxy) is 1. The van der Waals surface area contributed by atoms with Gasteiger partial charge in [-0.2, -0.15) is 0 Å². The summed E-state index contributed by atoms with van der Waals surface area (Å²) in [7, 11) is 0. The molecule has 2 aromatic heterocycles. The van der Waals surface area contributed by atoms with Crippen molar-refractivity contribution >= 4 is 22.9 Å². The normalized spacial score (nSPS) is 14.4. The Morgan fingerprint density at radius 1 is 1.18 bits per heavy atom. The summed E-state index contributed by atoms with van der Waals surface area (Å²) in [5.41, 5.74) is 1.61. The van der Waals surface area contributed by atoms with E-state index in [1.54, 1.807) is 6.26 Å². The Kier molecular flexibility index (Phi) is 5.34. The highest BCUT2D eigenvalue weighted by atomic mass is 32.1. The molecule has 1 aliphatic rings. The number of carbonyl (C=O) groups excluding carboxylic acids is 1. The highest BCUT2D eigenvalue weighted by molar-refractivity contribution is 7.15. The van der Waals surface area contributed by atoms with E-state index >= 15 is 0 Å². The van der Waals surface area contributed by atoms with Crippen LogP contribution in [0, 0.1) is 6.92 Å². The molecule has 0 bridgehead atoms. The lowest BCUT2D eigenvalue weighted by Gasteiger charge is -2.36. The van der Waals surface area contributed by atoms with Crippen molar-refractivity contribution in [1.82, 2.24) is 9.88 Å². The molecule has 1 aliphatic heterocycles. The fourth-order valence-corrected chi connectivity index (χ4v) is 4.27. The van der Waals surface area contributed by atoms with Crippen molar-refractivity contribution in [2.24, 2.45) is 0 Å². The number of aromatic nitrogens is 1. The average Bonchev–Trinajstić information content (AvgIpc) is 3.38. The summed E-state index contributed by atoms with van der Waals surface area (Å²) in [6.07, 6.45) is 1.62. The smallest absolute Gasteiger partial charge is 0.273 e. The number of benzene rings is 1. The molecule has 28 heavy (non-hydrogen) atoms. The molecule has 0 atom stereocenters. The number of carbonyl (C=O) groups is 1. The minimum absolute atomic E-state index is 0.00991. The summed E-state index contributed by atoms with van der Waals surface area (Å²) >= 11 is 1.49. The summed E-state index contributed by atoms with van der Waals surface area (Å²) in [4.78, 5) is 22.6. The highest BCUT2D eigenvalue weighted by Gasteiger charge is 2.27. The van der Waals surface area contributed by atoms with Gasteiger partial charge in [0.25, 0.3) is 5.91 Å². The number of amides is 1. The molecule has 3 heterocycles. The molecular formula is C21H23N3O3S. The first-order valence-electron chi connectivity index (χ1n) is 9.44. The molecule has 3 aromatic rings. The van der Waals surface area contributed by atoms with Gasteiger partial charge < -0.3 is 19.0 Å². The first-order valence-corrected chi connectivity index (χ1v) is 10.3. The molecule has 7 heteroatoms. The van der Waals surface area contributed by atoms with Crippen LogP contribution in [0.15, 0.2) is 47.1 Å². The van der Waals surface area contributed by atoms with Gasteiger partial charge in [0.05, 0.1) is 18.6 Å². The molecule has 0 radical (unpaired) electrons. The summed E-state index contributed by atoms with van der Waals surface area (Å²) in [6, 6.07) is 11.8. The lowest BCUT2D eigenvalue weighted by molar-refractivity contribution is 0.0741. The maximum atomic E-state index is 13.0. The van der Waals surface area contributed by atoms with E-state index < -0.39 is 0 Å². The van der Waals surface area contributed by atoms with Gasteiger partial charge in [-0.25, -0.2) is 4.98 Å². The molecule has 0 unspecified atom stereocenters. The highest BCUT2D eigenvalue weighted by Crippen LogP contribution is 2.31. The number of hydrogen-bond donors (Lipinski definition) is 0. The summed E-state index contributed by atoms with van der Waals surface area (Å²) < 4.78 is 11.2. The lowest BCUT2D eigenvalue weighted by Crippen LogP contribution is -2.49. The van der Waals surface area contributed by atoms with Crippen LogP contribution in [-0.4, -0.2) is 48.6 Å². The third kappa shape index (κ3) is 3.62. The molecule has 6 nitrogen and oxygen atoms in total. The Morgan fingerprint density at radius 3 is 2.68 bits per heavy atom. The summed E-state index contributed by atoms with van der Waals surface area (Å²) in [6.45, 7) is 7.41. The van der Waals surface area contributed by atoms with Crippen LogP contribution in [0.1, 0.15) is 22.3 Å². The van der Waals surface area contributed by atoms with Crippen LogP contribution >= 0.6 is 11.3 Å². The van der Waals surface area contributed by atoms with Crippen LogP contribution in [-0.2, 0) is 0 Å². The van der Waals surface area contributed by atoms with Crippen molar-refractivity contribution < 1.29 is 13.9 Å². The third-order valence-electron chi connectivity index (χ3n) is 4.80. The molecule has 1 fully saturated rings. The van der Waals surface area contributed by atoms with E-state index in [2.05, 4.69) is 16.0 Å². The standard InChI is InChI=1S/C21H23N3O3S/c1-3-26-17-8-5-4-7-16(17)23-10-12-24(13-11-23)21(25)19-15(2)28-20(22-19)18-9-6-14-27-18/h4-9,14H,3,10-13H2,1-2H3. The number of anilines is 1. The van der Waals surface area contributed by atoms with Crippen LogP contribution < -0.4 is 9.64 Å². The average molecular weight is 398 g/mol. The predicted molar refractivity (Wildman–Crippen MR) is 110 cm³/mol. The fourth-order valence-electron chi connectivity index (χ4n) is 3.40. The van der Waals surface area contributed by atoms with E-state index in [1.807, 2.05) is 49.1 Å². The zero-order chi connectivity index (χ0) is 19.5. The number of hydrogen-bond acceptors (Lipinski definition) is 6. The number of rotatable bonds is 5. The lowest BCUT2D eigenvalue weighted by atomic mass is 10.2. The van der Waals surface area contributed by atoms with Gasteiger partial charge >= 0.3 is 0 Å². The van der Waals surface area contributed by atoms with Crippen LogP contribution in [0.4, 0.5) is 5.69 Å². The molecule has 0 aliphatic carbocycles. The molecule has 4 rings (SSSR count). The first kappa shape index (κ1) is 18.6. The topological polar surface area (TPSA) is 58.8 Å². The Morgan fingerprint density at radius 2 is 1.96 bits per heavy atom. The molecule has 1 saturated heterocycles.